The molecule has 150 valence electrons. The molecule has 3 aromatic rings. The number of amides is 1. The summed E-state index contributed by atoms with van der Waals surface area (Å²) >= 11 is 0. The molecule has 2 aromatic heterocycles. The second-order valence-corrected chi connectivity index (χ2v) is 8.45. The minimum atomic E-state index is 0.0234. The van der Waals surface area contributed by atoms with Gasteiger partial charge in [0.05, 0.1) is 5.69 Å². The number of nitrogens with one attached hydrogen (secondary N) is 1. The Morgan fingerprint density at radius 2 is 1.86 bits per heavy atom. The highest BCUT2D eigenvalue weighted by Crippen LogP contribution is 2.34. The van der Waals surface area contributed by atoms with E-state index in [1.807, 2.05) is 31.2 Å². The van der Waals surface area contributed by atoms with E-state index in [1.54, 1.807) is 10.9 Å². The molecule has 1 amide bonds. The van der Waals surface area contributed by atoms with Gasteiger partial charge < -0.3 is 10.2 Å². The van der Waals surface area contributed by atoms with Gasteiger partial charge >= 0.3 is 0 Å². The molecular formula is C23H27N5O. The maximum atomic E-state index is 12.8. The molecule has 2 saturated heterocycles. The largest absolute Gasteiger partial charge is 0.352 e. The van der Waals surface area contributed by atoms with Gasteiger partial charge in [0.15, 0.2) is 5.65 Å². The number of rotatable bonds is 4. The van der Waals surface area contributed by atoms with Crippen molar-refractivity contribution in [3.63, 3.8) is 0 Å². The maximum Gasteiger partial charge on any atom is 0.242 e. The zero-order chi connectivity index (χ0) is 20.0. The fraction of sp³-hybridized carbons (Fsp3) is 0.435. The normalized spacial score (nSPS) is 24.1. The molecule has 5 rings (SSSR count). The first kappa shape index (κ1) is 18.3. The third kappa shape index (κ3) is 3.31. The Balaban J connectivity index is 1.37. The lowest BCUT2D eigenvalue weighted by Crippen LogP contribution is -2.49. The summed E-state index contributed by atoms with van der Waals surface area (Å²) in [5, 5.41) is 8.92. The van der Waals surface area contributed by atoms with E-state index in [1.165, 1.54) is 12.8 Å². The molecule has 0 aliphatic carbocycles. The van der Waals surface area contributed by atoms with Gasteiger partial charge in [-0.15, -0.1) is 0 Å². The fourth-order valence-corrected chi connectivity index (χ4v) is 5.19. The molecule has 6 heteroatoms. The number of nitrogens with zero attached hydrogens (tertiary/aromatic N) is 4. The summed E-state index contributed by atoms with van der Waals surface area (Å²) in [4.78, 5) is 19.8. The first-order valence-corrected chi connectivity index (χ1v) is 10.5. The molecule has 0 spiro atoms. The van der Waals surface area contributed by atoms with Gasteiger partial charge in [-0.25, -0.2) is 9.67 Å². The molecule has 2 fully saturated rings. The molecule has 0 saturated carbocycles. The number of carbonyl (C=O) groups excluding carboxylic acids is 1. The summed E-state index contributed by atoms with van der Waals surface area (Å²) in [5.41, 5.74) is 3.90. The van der Waals surface area contributed by atoms with Crippen LogP contribution in [-0.2, 0) is 11.3 Å². The number of hydrogen-bond donors (Lipinski definition) is 1. The maximum absolute atomic E-state index is 12.8. The van der Waals surface area contributed by atoms with Gasteiger partial charge in [0.25, 0.3) is 0 Å². The van der Waals surface area contributed by atoms with Crippen LogP contribution in [0.3, 0.4) is 0 Å². The number of hydrogen-bond acceptors (Lipinski definition) is 4. The van der Waals surface area contributed by atoms with Gasteiger partial charge in [-0.3, -0.25) is 4.79 Å². The Hall–Kier alpha value is -2.73. The first-order chi connectivity index (χ1) is 14.1. The zero-order valence-electron chi connectivity index (χ0n) is 17.0. The molecule has 1 aromatic carbocycles. The lowest BCUT2D eigenvalue weighted by atomic mass is 9.98. The van der Waals surface area contributed by atoms with Crippen molar-refractivity contribution in [1.82, 2.24) is 25.0 Å². The number of aromatic nitrogens is 3. The van der Waals surface area contributed by atoms with Crippen molar-refractivity contribution >= 4 is 16.9 Å². The van der Waals surface area contributed by atoms with Crippen molar-refractivity contribution in [1.29, 1.82) is 0 Å². The third-order valence-corrected chi connectivity index (χ3v) is 6.65. The number of carbonyl (C=O) groups is 1. The van der Waals surface area contributed by atoms with Crippen LogP contribution >= 0.6 is 0 Å². The SMILES string of the molecule is Cc1nn(CC(=O)NC2CC3CCC(C2)N3C)c2nccc(-c3ccccc3)c12. The Labute approximate surface area is 170 Å². The van der Waals surface area contributed by atoms with Gasteiger partial charge in [0.2, 0.25) is 5.91 Å². The van der Waals surface area contributed by atoms with E-state index in [9.17, 15) is 4.79 Å². The minimum absolute atomic E-state index is 0.0234. The van der Waals surface area contributed by atoms with Crippen LogP contribution in [0.1, 0.15) is 31.4 Å². The van der Waals surface area contributed by atoms with Crippen molar-refractivity contribution in [2.45, 2.75) is 57.3 Å². The van der Waals surface area contributed by atoms with E-state index < -0.39 is 0 Å². The summed E-state index contributed by atoms with van der Waals surface area (Å²) < 4.78 is 1.75. The van der Waals surface area contributed by atoms with Gasteiger partial charge in [0, 0.05) is 29.7 Å². The van der Waals surface area contributed by atoms with Crippen molar-refractivity contribution in [2.24, 2.45) is 0 Å². The molecule has 6 nitrogen and oxygen atoms in total. The van der Waals surface area contributed by atoms with Gasteiger partial charge in [-0.2, -0.15) is 5.10 Å². The number of piperidine rings is 1. The van der Waals surface area contributed by atoms with Crippen LogP contribution in [0.2, 0.25) is 0 Å². The third-order valence-electron chi connectivity index (χ3n) is 6.65. The van der Waals surface area contributed by atoms with Gasteiger partial charge in [0.1, 0.15) is 6.54 Å². The fourth-order valence-electron chi connectivity index (χ4n) is 5.19. The van der Waals surface area contributed by atoms with Crippen LogP contribution in [0.15, 0.2) is 42.6 Å². The molecule has 2 aliphatic rings. The first-order valence-electron chi connectivity index (χ1n) is 10.5. The average Bonchev–Trinajstić information content (AvgIpc) is 3.13. The van der Waals surface area contributed by atoms with E-state index in [-0.39, 0.29) is 18.5 Å². The van der Waals surface area contributed by atoms with Crippen LogP contribution in [0, 0.1) is 6.92 Å². The van der Waals surface area contributed by atoms with Crippen LogP contribution < -0.4 is 5.32 Å². The molecule has 2 unspecified atom stereocenters. The van der Waals surface area contributed by atoms with Crippen molar-refractivity contribution < 1.29 is 4.79 Å². The van der Waals surface area contributed by atoms with E-state index >= 15 is 0 Å². The summed E-state index contributed by atoms with van der Waals surface area (Å²) in [6.07, 6.45) is 6.41. The topological polar surface area (TPSA) is 63.1 Å². The average molecular weight is 390 g/mol. The lowest BCUT2D eigenvalue weighted by Gasteiger charge is -2.36. The molecule has 29 heavy (non-hydrogen) atoms. The summed E-state index contributed by atoms with van der Waals surface area (Å²) in [6, 6.07) is 13.8. The predicted octanol–water partition coefficient (Wildman–Crippen LogP) is 3.15. The smallest absolute Gasteiger partial charge is 0.242 e. The highest BCUT2D eigenvalue weighted by atomic mass is 16.2. The zero-order valence-corrected chi connectivity index (χ0v) is 17.0. The summed E-state index contributed by atoms with van der Waals surface area (Å²) in [7, 11) is 2.22. The number of fused-ring (bicyclic) bond motifs is 3. The van der Waals surface area contributed by atoms with Gasteiger partial charge in [-0.1, -0.05) is 30.3 Å². The van der Waals surface area contributed by atoms with Crippen molar-refractivity contribution in [2.75, 3.05) is 7.05 Å². The Morgan fingerprint density at radius 1 is 1.14 bits per heavy atom. The Morgan fingerprint density at radius 3 is 2.59 bits per heavy atom. The Kier molecular flexibility index (Phi) is 4.59. The number of pyridine rings is 1. The summed E-state index contributed by atoms with van der Waals surface area (Å²) in [6.45, 7) is 2.19. The van der Waals surface area contributed by atoms with Crippen LogP contribution in [0.4, 0.5) is 0 Å². The highest BCUT2D eigenvalue weighted by Gasteiger charge is 2.38. The molecule has 0 radical (unpaired) electrons. The quantitative estimate of drug-likeness (QED) is 0.745. The molecule has 4 heterocycles. The molecule has 2 atom stereocenters. The minimum Gasteiger partial charge on any atom is -0.352 e. The van der Waals surface area contributed by atoms with Crippen LogP contribution in [0.5, 0.6) is 0 Å². The van der Waals surface area contributed by atoms with Crippen LogP contribution in [-0.4, -0.2) is 50.7 Å². The number of benzene rings is 1. The molecule has 2 aliphatic heterocycles. The van der Waals surface area contributed by atoms with E-state index in [4.69, 9.17) is 0 Å². The molecule has 1 N–H and O–H groups in total. The monoisotopic (exact) mass is 389 g/mol. The van der Waals surface area contributed by atoms with Crippen molar-refractivity contribution in [3.8, 4) is 11.1 Å². The Bertz CT molecular complexity index is 1030. The van der Waals surface area contributed by atoms with Crippen LogP contribution in [0.25, 0.3) is 22.2 Å². The number of aryl methyl sites for hydroxylation is 1. The summed E-state index contributed by atoms with van der Waals surface area (Å²) in [5.74, 6) is 0.0234. The second-order valence-electron chi connectivity index (χ2n) is 8.45. The van der Waals surface area contributed by atoms with E-state index in [0.717, 1.165) is 40.7 Å². The highest BCUT2D eigenvalue weighted by molar-refractivity contribution is 5.95. The van der Waals surface area contributed by atoms with Crippen molar-refractivity contribution in [3.05, 3.63) is 48.3 Å². The molecule has 2 bridgehead atoms. The predicted molar refractivity (Wildman–Crippen MR) is 113 cm³/mol. The van der Waals surface area contributed by atoms with Gasteiger partial charge in [-0.05, 0) is 56.8 Å². The van der Waals surface area contributed by atoms with E-state index in [2.05, 4.69) is 39.5 Å². The van der Waals surface area contributed by atoms with E-state index in [0.29, 0.717) is 12.1 Å². The standard InChI is InChI=1S/C23H27N5O/c1-15-22-20(16-6-4-3-5-7-16)10-11-24-23(22)28(26-15)14-21(29)25-17-12-18-8-9-19(13-17)27(18)2/h3-7,10-11,17-19H,8-9,12-14H2,1-2H3,(H,25,29). The lowest BCUT2D eigenvalue weighted by molar-refractivity contribution is -0.123. The molecular weight excluding hydrogens is 362 g/mol. The second kappa shape index (κ2) is 7.26.